The molecule has 0 spiro atoms. The third-order valence-electron chi connectivity index (χ3n) is 3.23. The first-order valence-electron chi connectivity index (χ1n) is 8.10. The highest BCUT2D eigenvalue weighted by atomic mass is 16.5. The number of hydrogen-bond acceptors (Lipinski definition) is 5. The molecule has 0 aromatic heterocycles. The Morgan fingerprint density at radius 3 is 2.20 bits per heavy atom. The van der Waals surface area contributed by atoms with Crippen molar-refractivity contribution in [2.75, 3.05) is 32.1 Å². The first-order chi connectivity index (χ1) is 11.8. The molecule has 0 saturated carbocycles. The van der Waals surface area contributed by atoms with E-state index in [2.05, 4.69) is 16.0 Å². The van der Waals surface area contributed by atoms with Gasteiger partial charge in [0.1, 0.15) is 5.75 Å². The summed E-state index contributed by atoms with van der Waals surface area (Å²) in [5.41, 5.74) is 0.641. The largest absolute Gasteiger partial charge is 0.497 e. The predicted molar refractivity (Wildman–Crippen MR) is 95.5 cm³/mol. The molecule has 0 aliphatic rings. The smallest absolute Gasteiger partial charge is 0.321 e. The van der Waals surface area contributed by atoms with Crippen LogP contribution in [0.15, 0.2) is 24.3 Å². The lowest BCUT2D eigenvalue weighted by molar-refractivity contribution is -0.122. The molecule has 0 saturated heterocycles. The van der Waals surface area contributed by atoms with Crippen LogP contribution < -0.4 is 20.7 Å². The minimum atomic E-state index is -0.543. The van der Waals surface area contributed by atoms with Crippen LogP contribution in [-0.2, 0) is 9.59 Å². The summed E-state index contributed by atoms with van der Waals surface area (Å²) >= 11 is 0. The lowest BCUT2D eigenvalue weighted by atomic mass is 10.3. The van der Waals surface area contributed by atoms with Crippen LogP contribution >= 0.6 is 0 Å². The first kappa shape index (κ1) is 20.4. The van der Waals surface area contributed by atoms with Crippen LogP contribution in [0.2, 0.25) is 0 Å². The molecule has 0 unspecified atom stereocenters. The van der Waals surface area contributed by atoms with Crippen molar-refractivity contribution >= 4 is 23.5 Å². The lowest BCUT2D eigenvalue weighted by Gasteiger charge is -2.19. The number of ether oxygens (including phenoxy) is 1. The number of nitrogens with zero attached hydrogens (tertiary/aromatic N) is 1. The molecule has 8 heteroatoms. The Labute approximate surface area is 147 Å². The number of carbonyl (C=O) groups is 3. The fourth-order valence-corrected chi connectivity index (χ4v) is 2.02. The zero-order valence-electron chi connectivity index (χ0n) is 15.1. The molecular formula is C17H26N4O4. The maximum atomic E-state index is 12.1. The Morgan fingerprint density at radius 1 is 1.08 bits per heavy atom. The minimum absolute atomic E-state index is 0.0434. The van der Waals surface area contributed by atoms with Crippen LogP contribution in [-0.4, -0.2) is 55.5 Å². The number of carbonyl (C=O) groups excluding carboxylic acids is 3. The molecule has 3 N–H and O–H groups in total. The van der Waals surface area contributed by atoms with Gasteiger partial charge in [0.05, 0.1) is 20.2 Å². The summed E-state index contributed by atoms with van der Waals surface area (Å²) in [6.07, 6.45) is 0. The average Bonchev–Trinajstić information content (AvgIpc) is 2.53. The second-order valence-corrected chi connectivity index (χ2v) is 5.76. The van der Waals surface area contributed by atoms with E-state index in [1.165, 1.54) is 0 Å². The van der Waals surface area contributed by atoms with Gasteiger partial charge >= 0.3 is 6.03 Å². The number of rotatable bonds is 8. The van der Waals surface area contributed by atoms with Gasteiger partial charge in [-0.25, -0.2) is 4.79 Å². The molecule has 0 radical (unpaired) electrons. The van der Waals surface area contributed by atoms with Crippen LogP contribution in [0, 0.1) is 0 Å². The second kappa shape index (κ2) is 10.3. The number of anilines is 1. The summed E-state index contributed by atoms with van der Waals surface area (Å²) in [6, 6.07) is 6.34. The summed E-state index contributed by atoms with van der Waals surface area (Å²) in [5, 5.41) is 7.56. The van der Waals surface area contributed by atoms with E-state index >= 15 is 0 Å². The van der Waals surface area contributed by atoms with Crippen molar-refractivity contribution in [3.05, 3.63) is 24.3 Å². The standard InChI is InChI=1S/C17H26N4O4/c1-5-21(11-16(23)20-17(24)18-12(2)3)10-15(22)19-13-6-8-14(25-4)9-7-13/h6-9,12H,5,10-11H2,1-4H3,(H,19,22)(H2,18,20,23,24). The van der Waals surface area contributed by atoms with Gasteiger partial charge in [0.15, 0.2) is 0 Å². The Bertz CT molecular complexity index is 587. The van der Waals surface area contributed by atoms with E-state index in [9.17, 15) is 14.4 Å². The molecule has 0 bridgehead atoms. The highest BCUT2D eigenvalue weighted by molar-refractivity contribution is 5.96. The van der Waals surface area contributed by atoms with Crippen LogP contribution in [0.1, 0.15) is 20.8 Å². The minimum Gasteiger partial charge on any atom is -0.497 e. The second-order valence-electron chi connectivity index (χ2n) is 5.76. The third kappa shape index (κ3) is 8.16. The topological polar surface area (TPSA) is 99.8 Å². The number of urea groups is 1. The third-order valence-corrected chi connectivity index (χ3v) is 3.23. The van der Waals surface area contributed by atoms with Crippen molar-refractivity contribution in [3.63, 3.8) is 0 Å². The molecule has 0 heterocycles. The van der Waals surface area contributed by atoms with Crippen molar-refractivity contribution in [3.8, 4) is 5.75 Å². The van der Waals surface area contributed by atoms with E-state index in [1.807, 2.05) is 6.92 Å². The van der Waals surface area contributed by atoms with E-state index < -0.39 is 11.9 Å². The summed E-state index contributed by atoms with van der Waals surface area (Å²) in [5.74, 6) is -0.00627. The summed E-state index contributed by atoms with van der Waals surface area (Å²) in [4.78, 5) is 37.1. The van der Waals surface area contributed by atoms with Crippen LogP contribution in [0.4, 0.5) is 10.5 Å². The van der Waals surface area contributed by atoms with Crippen molar-refractivity contribution in [1.29, 1.82) is 0 Å². The van der Waals surface area contributed by atoms with Gasteiger partial charge in [-0.15, -0.1) is 0 Å². The maximum absolute atomic E-state index is 12.1. The van der Waals surface area contributed by atoms with Crippen LogP contribution in [0.3, 0.4) is 0 Å². The van der Waals surface area contributed by atoms with Gasteiger partial charge in [-0.2, -0.15) is 0 Å². The van der Waals surface area contributed by atoms with Gasteiger partial charge in [-0.05, 0) is 44.7 Å². The van der Waals surface area contributed by atoms with E-state index in [-0.39, 0.29) is 25.0 Å². The predicted octanol–water partition coefficient (Wildman–Crippen LogP) is 1.19. The number of methoxy groups -OCH3 is 1. The molecule has 8 nitrogen and oxygen atoms in total. The van der Waals surface area contributed by atoms with Gasteiger partial charge < -0.3 is 15.4 Å². The fourth-order valence-electron chi connectivity index (χ4n) is 2.02. The van der Waals surface area contributed by atoms with E-state index in [0.29, 0.717) is 18.0 Å². The summed E-state index contributed by atoms with van der Waals surface area (Å²) in [7, 11) is 1.57. The number of likely N-dealkylation sites (N-methyl/N-ethyl adjacent to an activating group) is 1. The molecular weight excluding hydrogens is 324 g/mol. The maximum Gasteiger partial charge on any atom is 0.321 e. The molecule has 0 aliphatic heterocycles. The highest BCUT2D eigenvalue weighted by Gasteiger charge is 2.15. The van der Waals surface area contributed by atoms with Gasteiger partial charge in [-0.3, -0.25) is 19.8 Å². The monoisotopic (exact) mass is 350 g/mol. The van der Waals surface area contributed by atoms with Crippen molar-refractivity contribution in [2.45, 2.75) is 26.8 Å². The normalized spacial score (nSPS) is 10.5. The van der Waals surface area contributed by atoms with Crippen LogP contribution in [0.25, 0.3) is 0 Å². The Kier molecular flexibility index (Phi) is 8.42. The first-order valence-corrected chi connectivity index (χ1v) is 8.10. The fraction of sp³-hybridized carbons (Fsp3) is 0.471. The van der Waals surface area contributed by atoms with Gasteiger partial charge in [0.25, 0.3) is 0 Å². The van der Waals surface area contributed by atoms with E-state index in [4.69, 9.17) is 4.74 Å². The van der Waals surface area contributed by atoms with Crippen molar-refractivity contribution < 1.29 is 19.1 Å². The van der Waals surface area contributed by atoms with E-state index in [1.54, 1.807) is 50.1 Å². The molecule has 0 fully saturated rings. The SMILES string of the molecule is CCN(CC(=O)NC(=O)NC(C)C)CC(=O)Nc1ccc(OC)cc1. The summed E-state index contributed by atoms with van der Waals surface area (Å²) in [6.45, 7) is 5.93. The molecule has 138 valence electrons. The quantitative estimate of drug-likeness (QED) is 0.654. The Balaban J connectivity index is 2.46. The van der Waals surface area contributed by atoms with Gasteiger partial charge in [0, 0.05) is 11.7 Å². The molecule has 1 rings (SSSR count). The lowest BCUT2D eigenvalue weighted by Crippen LogP contribution is -2.47. The Hall–Kier alpha value is -2.61. The molecule has 0 atom stereocenters. The number of amides is 4. The van der Waals surface area contributed by atoms with Crippen molar-refractivity contribution in [2.24, 2.45) is 0 Å². The van der Waals surface area contributed by atoms with Gasteiger partial charge in [-0.1, -0.05) is 6.92 Å². The number of benzene rings is 1. The van der Waals surface area contributed by atoms with Gasteiger partial charge in [0.2, 0.25) is 11.8 Å². The van der Waals surface area contributed by atoms with Crippen LogP contribution in [0.5, 0.6) is 5.75 Å². The Morgan fingerprint density at radius 2 is 1.68 bits per heavy atom. The highest BCUT2D eigenvalue weighted by Crippen LogP contribution is 2.14. The molecule has 0 aliphatic carbocycles. The zero-order chi connectivity index (χ0) is 18.8. The average molecular weight is 350 g/mol. The number of hydrogen-bond donors (Lipinski definition) is 3. The molecule has 1 aromatic rings. The summed E-state index contributed by atoms with van der Waals surface area (Å²) < 4.78 is 5.06. The molecule has 1 aromatic carbocycles. The number of imide groups is 1. The number of nitrogens with one attached hydrogen (secondary N) is 3. The molecule has 25 heavy (non-hydrogen) atoms. The van der Waals surface area contributed by atoms with Crippen molar-refractivity contribution in [1.82, 2.24) is 15.5 Å². The molecule has 4 amide bonds. The zero-order valence-corrected chi connectivity index (χ0v) is 15.1. The van der Waals surface area contributed by atoms with E-state index in [0.717, 1.165) is 0 Å².